The van der Waals surface area contributed by atoms with Crippen molar-refractivity contribution in [3.63, 3.8) is 0 Å². The van der Waals surface area contributed by atoms with E-state index in [2.05, 4.69) is 15.3 Å². The Bertz CT molecular complexity index is 550. The highest BCUT2D eigenvalue weighted by molar-refractivity contribution is 5.71. The van der Waals surface area contributed by atoms with E-state index in [1.54, 1.807) is 12.4 Å². The number of hydrogen-bond donors (Lipinski definition) is 2. The highest BCUT2D eigenvalue weighted by Crippen LogP contribution is 2.30. The molecule has 0 amide bonds. The lowest BCUT2D eigenvalue weighted by atomic mass is 10.1. The molecule has 1 aliphatic carbocycles. The lowest BCUT2D eigenvalue weighted by molar-refractivity contribution is 0.282. The molecular formula is C15H17N3O. The maximum absolute atomic E-state index is 9.07. The van der Waals surface area contributed by atoms with Crippen LogP contribution >= 0.6 is 0 Å². The normalized spacial score (nSPS) is 14.4. The first-order chi connectivity index (χ1) is 9.36. The zero-order valence-corrected chi connectivity index (χ0v) is 10.7. The monoisotopic (exact) mass is 255 g/mol. The number of rotatable bonds is 5. The van der Waals surface area contributed by atoms with E-state index >= 15 is 0 Å². The minimum Gasteiger partial charge on any atom is -0.392 e. The average molecular weight is 255 g/mol. The van der Waals surface area contributed by atoms with Gasteiger partial charge in [0.1, 0.15) is 5.69 Å². The zero-order valence-electron chi connectivity index (χ0n) is 10.7. The molecule has 0 atom stereocenters. The van der Waals surface area contributed by atoms with Gasteiger partial charge in [0.2, 0.25) is 0 Å². The first-order valence-corrected chi connectivity index (χ1v) is 6.62. The molecule has 0 saturated heterocycles. The van der Waals surface area contributed by atoms with Crippen molar-refractivity contribution in [1.82, 2.24) is 9.97 Å². The number of aliphatic hydroxyl groups is 1. The van der Waals surface area contributed by atoms with Crippen molar-refractivity contribution in [3.8, 4) is 11.3 Å². The van der Waals surface area contributed by atoms with Crippen molar-refractivity contribution in [2.75, 3.05) is 11.9 Å². The molecule has 3 rings (SSSR count). The number of nitrogens with zero attached hydrogens (tertiary/aromatic N) is 2. The van der Waals surface area contributed by atoms with Crippen LogP contribution in [0.4, 0.5) is 5.82 Å². The number of aromatic nitrogens is 2. The number of nitrogens with one attached hydrogen (secondary N) is 1. The molecule has 19 heavy (non-hydrogen) atoms. The summed E-state index contributed by atoms with van der Waals surface area (Å²) in [5.74, 6) is 1.64. The summed E-state index contributed by atoms with van der Waals surface area (Å²) in [6.07, 6.45) is 6.04. The quantitative estimate of drug-likeness (QED) is 0.861. The van der Waals surface area contributed by atoms with E-state index in [0.29, 0.717) is 0 Å². The predicted molar refractivity (Wildman–Crippen MR) is 74.6 cm³/mol. The molecule has 1 aromatic heterocycles. The molecule has 4 heteroatoms. The number of benzene rings is 1. The molecule has 1 aromatic carbocycles. The molecule has 1 fully saturated rings. The summed E-state index contributed by atoms with van der Waals surface area (Å²) in [6.45, 7) is 1.04. The van der Waals surface area contributed by atoms with Gasteiger partial charge in [-0.05, 0) is 24.3 Å². The molecule has 1 saturated carbocycles. The molecule has 0 radical (unpaired) electrons. The van der Waals surface area contributed by atoms with E-state index in [9.17, 15) is 0 Å². The molecule has 0 unspecified atom stereocenters. The fraction of sp³-hybridized carbons (Fsp3) is 0.333. The largest absolute Gasteiger partial charge is 0.392 e. The second kappa shape index (κ2) is 5.36. The van der Waals surface area contributed by atoms with Gasteiger partial charge < -0.3 is 10.4 Å². The molecule has 98 valence electrons. The fourth-order valence-electron chi connectivity index (χ4n) is 2.01. The minimum absolute atomic E-state index is 0.0630. The molecule has 4 nitrogen and oxygen atoms in total. The van der Waals surface area contributed by atoms with Crippen LogP contribution in [0.1, 0.15) is 18.4 Å². The van der Waals surface area contributed by atoms with Gasteiger partial charge in [0, 0.05) is 24.5 Å². The van der Waals surface area contributed by atoms with Crippen LogP contribution in [0.15, 0.2) is 36.7 Å². The van der Waals surface area contributed by atoms with Crippen LogP contribution in [-0.4, -0.2) is 21.6 Å². The smallest absolute Gasteiger partial charge is 0.152 e. The SMILES string of the molecule is OCc1ccc(-c2nccnc2NCC2CC2)cc1. The molecule has 2 N–H and O–H groups in total. The van der Waals surface area contributed by atoms with Gasteiger partial charge in [-0.1, -0.05) is 24.3 Å². The van der Waals surface area contributed by atoms with Crippen LogP contribution in [0, 0.1) is 5.92 Å². The van der Waals surface area contributed by atoms with Crippen molar-refractivity contribution in [2.24, 2.45) is 5.92 Å². The number of hydrogen-bond acceptors (Lipinski definition) is 4. The van der Waals surface area contributed by atoms with Gasteiger partial charge in [0.25, 0.3) is 0 Å². The molecular weight excluding hydrogens is 238 g/mol. The lowest BCUT2D eigenvalue weighted by Gasteiger charge is -2.09. The third kappa shape index (κ3) is 2.90. The number of aliphatic hydroxyl groups excluding tert-OH is 1. The molecule has 0 spiro atoms. The Kier molecular flexibility index (Phi) is 3.42. The topological polar surface area (TPSA) is 58.0 Å². The third-order valence-corrected chi connectivity index (χ3v) is 3.36. The lowest BCUT2D eigenvalue weighted by Crippen LogP contribution is -2.07. The van der Waals surface area contributed by atoms with Crippen molar-refractivity contribution in [3.05, 3.63) is 42.2 Å². The van der Waals surface area contributed by atoms with Crippen LogP contribution in [0.5, 0.6) is 0 Å². The first kappa shape index (κ1) is 12.1. The summed E-state index contributed by atoms with van der Waals surface area (Å²) < 4.78 is 0. The zero-order chi connectivity index (χ0) is 13.1. The van der Waals surface area contributed by atoms with Gasteiger partial charge in [0.05, 0.1) is 6.61 Å². The van der Waals surface area contributed by atoms with E-state index in [0.717, 1.165) is 35.1 Å². The summed E-state index contributed by atoms with van der Waals surface area (Å²) in [7, 11) is 0. The van der Waals surface area contributed by atoms with E-state index in [1.165, 1.54) is 12.8 Å². The Morgan fingerprint density at radius 2 is 1.84 bits per heavy atom. The van der Waals surface area contributed by atoms with Gasteiger partial charge in [-0.25, -0.2) is 4.98 Å². The van der Waals surface area contributed by atoms with Crippen LogP contribution in [0.2, 0.25) is 0 Å². The van der Waals surface area contributed by atoms with Crippen molar-refractivity contribution < 1.29 is 5.11 Å². The highest BCUT2D eigenvalue weighted by atomic mass is 16.3. The van der Waals surface area contributed by atoms with Crippen LogP contribution in [0.3, 0.4) is 0 Å². The Morgan fingerprint density at radius 3 is 2.53 bits per heavy atom. The summed E-state index contributed by atoms with van der Waals surface area (Å²) in [6, 6.07) is 7.76. The second-order valence-corrected chi connectivity index (χ2v) is 4.93. The minimum atomic E-state index is 0.0630. The standard InChI is InChI=1S/C15H17N3O/c19-10-12-3-5-13(6-4-12)14-15(17-8-7-16-14)18-9-11-1-2-11/h3-8,11,19H,1-2,9-10H2,(H,17,18). The highest BCUT2D eigenvalue weighted by Gasteiger charge is 2.21. The molecule has 1 heterocycles. The molecule has 1 aliphatic rings. The van der Waals surface area contributed by atoms with Gasteiger partial charge >= 0.3 is 0 Å². The molecule has 0 bridgehead atoms. The third-order valence-electron chi connectivity index (χ3n) is 3.36. The van der Waals surface area contributed by atoms with E-state index in [1.807, 2.05) is 24.3 Å². The average Bonchev–Trinajstić information content (AvgIpc) is 3.30. The fourth-order valence-corrected chi connectivity index (χ4v) is 2.01. The summed E-state index contributed by atoms with van der Waals surface area (Å²) in [5, 5.41) is 12.4. The summed E-state index contributed by atoms with van der Waals surface area (Å²) in [5.41, 5.74) is 2.79. The second-order valence-electron chi connectivity index (χ2n) is 4.93. The van der Waals surface area contributed by atoms with Gasteiger partial charge in [-0.3, -0.25) is 4.98 Å². The molecule has 2 aromatic rings. The van der Waals surface area contributed by atoms with Gasteiger partial charge in [-0.15, -0.1) is 0 Å². The van der Waals surface area contributed by atoms with Crippen molar-refractivity contribution >= 4 is 5.82 Å². The van der Waals surface area contributed by atoms with E-state index in [4.69, 9.17) is 5.11 Å². The Balaban J connectivity index is 1.84. The molecule has 0 aliphatic heterocycles. The predicted octanol–water partition coefficient (Wildman–Crippen LogP) is 2.46. The summed E-state index contributed by atoms with van der Waals surface area (Å²) in [4.78, 5) is 8.79. The van der Waals surface area contributed by atoms with Crippen LogP contribution in [0.25, 0.3) is 11.3 Å². The van der Waals surface area contributed by atoms with Crippen molar-refractivity contribution in [2.45, 2.75) is 19.4 Å². The Labute approximate surface area is 112 Å². The first-order valence-electron chi connectivity index (χ1n) is 6.62. The van der Waals surface area contributed by atoms with Crippen molar-refractivity contribution in [1.29, 1.82) is 0 Å². The van der Waals surface area contributed by atoms with E-state index < -0.39 is 0 Å². The Morgan fingerprint density at radius 1 is 1.11 bits per heavy atom. The van der Waals surface area contributed by atoms with E-state index in [-0.39, 0.29) is 6.61 Å². The summed E-state index contributed by atoms with van der Waals surface area (Å²) >= 11 is 0. The van der Waals surface area contributed by atoms with Gasteiger partial charge in [0.15, 0.2) is 5.82 Å². The maximum Gasteiger partial charge on any atom is 0.152 e. The van der Waals surface area contributed by atoms with Gasteiger partial charge in [-0.2, -0.15) is 0 Å². The maximum atomic E-state index is 9.07. The Hall–Kier alpha value is -1.94. The van der Waals surface area contributed by atoms with Crippen LogP contribution < -0.4 is 5.32 Å². The number of anilines is 1. The van der Waals surface area contributed by atoms with Crippen LogP contribution in [-0.2, 0) is 6.61 Å².